The van der Waals surface area contributed by atoms with Gasteiger partial charge in [0.2, 0.25) is 0 Å². The fourth-order valence-electron chi connectivity index (χ4n) is 1.64. The van der Waals surface area contributed by atoms with Crippen molar-refractivity contribution in [3.8, 4) is 17.2 Å². The number of benzene rings is 2. The molecule has 0 aliphatic heterocycles. The molecule has 0 fully saturated rings. The highest BCUT2D eigenvalue weighted by Gasteiger charge is 2.07. The second-order valence-corrected chi connectivity index (χ2v) is 10.5. The Hall–Kier alpha value is -1.98. The molecule has 0 radical (unpaired) electrons. The standard InChI is InChI=1S/C18H20OSi/c1-20(2,3)14-13-16-9-11-18(12-10-16)19-15-17-7-5-4-6-8-17/h4-12H,15H2,1-3H3. The van der Waals surface area contributed by atoms with Crippen molar-refractivity contribution in [2.24, 2.45) is 0 Å². The predicted octanol–water partition coefficient (Wildman–Crippen LogP) is 4.49. The van der Waals surface area contributed by atoms with Gasteiger partial charge >= 0.3 is 0 Å². The fraction of sp³-hybridized carbons (Fsp3) is 0.222. The van der Waals surface area contributed by atoms with Crippen molar-refractivity contribution < 1.29 is 4.74 Å². The van der Waals surface area contributed by atoms with Crippen molar-refractivity contribution in [2.75, 3.05) is 0 Å². The molecule has 0 bridgehead atoms. The van der Waals surface area contributed by atoms with E-state index in [1.54, 1.807) is 0 Å². The van der Waals surface area contributed by atoms with E-state index >= 15 is 0 Å². The van der Waals surface area contributed by atoms with E-state index in [-0.39, 0.29) is 0 Å². The lowest BCUT2D eigenvalue weighted by Crippen LogP contribution is -2.16. The van der Waals surface area contributed by atoms with E-state index in [1.807, 2.05) is 42.5 Å². The summed E-state index contributed by atoms with van der Waals surface area (Å²) < 4.78 is 5.75. The zero-order valence-electron chi connectivity index (χ0n) is 12.3. The molecule has 0 atom stereocenters. The van der Waals surface area contributed by atoms with Crippen molar-refractivity contribution in [1.82, 2.24) is 0 Å². The summed E-state index contributed by atoms with van der Waals surface area (Å²) in [5.74, 6) is 4.12. The third-order valence-corrected chi connectivity index (χ3v) is 3.56. The Morgan fingerprint density at radius 2 is 1.55 bits per heavy atom. The van der Waals surface area contributed by atoms with E-state index in [2.05, 4.69) is 43.2 Å². The first-order chi connectivity index (χ1) is 9.53. The Kier molecular flexibility index (Phi) is 4.65. The smallest absolute Gasteiger partial charge is 0.129 e. The Morgan fingerprint density at radius 1 is 0.900 bits per heavy atom. The molecule has 0 unspecified atom stereocenters. The maximum absolute atomic E-state index is 5.75. The maximum Gasteiger partial charge on any atom is 0.129 e. The molecule has 0 spiro atoms. The third-order valence-electron chi connectivity index (χ3n) is 2.68. The van der Waals surface area contributed by atoms with Crippen LogP contribution in [0.2, 0.25) is 19.6 Å². The van der Waals surface area contributed by atoms with Gasteiger partial charge in [0.1, 0.15) is 20.4 Å². The van der Waals surface area contributed by atoms with Gasteiger partial charge in [-0.05, 0) is 29.8 Å². The summed E-state index contributed by atoms with van der Waals surface area (Å²) in [5, 5.41) is 0. The minimum absolute atomic E-state index is 0.598. The van der Waals surface area contributed by atoms with Crippen LogP contribution in [-0.2, 0) is 6.61 Å². The van der Waals surface area contributed by atoms with E-state index in [4.69, 9.17) is 4.74 Å². The van der Waals surface area contributed by atoms with Gasteiger partial charge in [-0.15, -0.1) is 5.54 Å². The monoisotopic (exact) mass is 280 g/mol. The summed E-state index contributed by atoms with van der Waals surface area (Å²) in [4.78, 5) is 0. The van der Waals surface area contributed by atoms with Crippen LogP contribution in [0.1, 0.15) is 11.1 Å². The van der Waals surface area contributed by atoms with Crippen LogP contribution in [-0.4, -0.2) is 8.07 Å². The molecule has 0 saturated heterocycles. The average molecular weight is 280 g/mol. The zero-order chi connectivity index (χ0) is 14.4. The van der Waals surface area contributed by atoms with Gasteiger partial charge in [0, 0.05) is 5.56 Å². The van der Waals surface area contributed by atoms with Crippen LogP contribution in [0.15, 0.2) is 54.6 Å². The van der Waals surface area contributed by atoms with Gasteiger partial charge in [-0.3, -0.25) is 0 Å². The predicted molar refractivity (Wildman–Crippen MR) is 87.4 cm³/mol. The van der Waals surface area contributed by atoms with Crippen molar-refractivity contribution >= 4 is 8.07 Å². The normalized spacial score (nSPS) is 10.6. The van der Waals surface area contributed by atoms with Crippen molar-refractivity contribution in [3.05, 3.63) is 65.7 Å². The fourth-order valence-corrected chi connectivity index (χ4v) is 2.15. The minimum Gasteiger partial charge on any atom is -0.489 e. The Balaban J connectivity index is 1.96. The van der Waals surface area contributed by atoms with Gasteiger partial charge in [-0.25, -0.2) is 0 Å². The van der Waals surface area contributed by atoms with Crippen molar-refractivity contribution in [3.63, 3.8) is 0 Å². The molecule has 0 N–H and O–H groups in total. The quantitative estimate of drug-likeness (QED) is 0.594. The molecular weight excluding hydrogens is 260 g/mol. The third kappa shape index (κ3) is 4.95. The summed E-state index contributed by atoms with van der Waals surface area (Å²) in [7, 11) is -1.31. The first-order valence-corrected chi connectivity index (χ1v) is 10.3. The largest absolute Gasteiger partial charge is 0.489 e. The molecule has 102 valence electrons. The summed E-state index contributed by atoms with van der Waals surface area (Å²) in [5.41, 5.74) is 5.59. The van der Waals surface area contributed by atoms with Crippen LogP contribution in [0.5, 0.6) is 5.75 Å². The first kappa shape index (κ1) is 14.4. The second-order valence-electron chi connectivity index (χ2n) is 5.80. The van der Waals surface area contributed by atoms with Gasteiger partial charge in [-0.2, -0.15) is 0 Å². The molecule has 0 aliphatic carbocycles. The van der Waals surface area contributed by atoms with Crippen LogP contribution >= 0.6 is 0 Å². The number of hydrogen-bond acceptors (Lipinski definition) is 1. The lowest BCUT2D eigenvalue weighted by atomic mass is 10.2. The van der Waals surface area contributed by atoms with Gasteiger partial charge in [0.15, 0.2) is 0 Å². The summed E-state index contributed by atoms with van der Waals surface area (Å²) in [6.07, 6.45) is 0. The van der Waals surface area contributed by atoms with Crippen LogP contribution in [0.4, 0.5) is 0 Å². The molecule has 2 aromatic carbocycles. The highest BCUT2D eigenvalue weighted by molar-refractivity contribution is 6.83. The molecule has 0 amide bonds. The maximum atomic E-state index is 5.75. The van der Waals surface area contributed by atoms with Gasteiger partial charge in [-0.1, -0.05) is 55.9 Å². The number of ether oxygens (including phenoxy) is 1. The summed E-state index contributed by atoms with van der Waals surface area (Å²) >= 11 is 0. The lowest BCUT2D eigenvalue weighted by molar-refractivity contribution is 0.306. The molecule has 20 heavy (non-hydrogen) atoms. The van der Waals surface area contributed by atoms with E-state index in [1.165, 1.54) is 5.56 Å². The Labute approximate surface area is 122 Å². The minimum atomic E-state index is -1.31. The van der Waals surface area contributed by atoms with E-state index in [0.29, 0.717) is 6.61 Å². The topological polar surface area (TPSA) is 9.23 Å². The van der Waals surface area contributed by atoms with Crippen molar-refractivity contribution in [1.29, 1.82) is 0 Å². The summed E-state index contributed by atoms with van der Waals surface area (Å²) in [6, 6.07) is 18.2. The SMILES string of the molecule is C[Si](C)(C)C#Cc1ccc(OCc2ccccc2)cc1. The molecule has 0 aromatic heterocycles. The van der Waals surface area contributed by atoms with Crippen LogP contribution in [0.25, 0.3) is 0 Å². The molecular formula is C18H20OSi. The summed E-state index contributed by atoms with van der Waals surface area (Å²) in [6.45, 7) is 7.34. The van der Waals surface area contributed by atoms with Gasteiger partial charge in [0.05, 0.1) is 0 Å². The number of rotatable bonds is 3. The molecule has 0 saturated carbocycles. The van der Waals surface area contributed by atoms with Gasteiger partial charge in [0.25, 0.3) is 0 Å². The van der Waals surface area contributed by atoms with E-state index in [9.17, 15) is 0 Å². The Morgan fingerprint density at radius 3 is 2.15 bits per heavy atom. The molecule has 0 heterocycles. The van der Waals surface area contributed by atoms with Crippen LogP contribution in [0.3, 0.4) is 0 Å². The molecule has 1 nitrogen and oxygen atoms in total. The molecule has 2 heteroatoms. The van der Waals surface area contributed by atoms with Crippen LogP contribution in [0, 0.1) is 11.5 Å². The highest BCUT2D eigenvalue weighted by atomic mass is 28.3. The molecule has 0 aliphatic rings. The van der Waals surface area contributed by atoms with E-state index in [0.717, 1.165) is 11.3 Å². The molecule has 2 rings (SSSR count). The average Bonchev–Trinajstić information content (AvgIpc) is 2.44. The first-order valence-electron chi connectivity index (χ1n) is 6.83. The lowest BCUT2D eigenvalue weighted by Gasteiger charge is -2.06. The zero-order valence-corrected chi connectivity index (χ0v) is 13.3. The highest BCUT2D eigenvalue weighted by Crippen LogP contribution is 2.14. The van der Waals surface area contributed by atoms with Gasteiger partial charge < -0.3 is 4.74 Å². The number of hydrogen-bond donors (Lipinski definition) is 0. The van der Waals surface area contributed by atoms with Crippen LogP contribution < -0.4 is 4.74 Å². The van der Waals surface area contributed by atoms with Crippen molar-refractivity contribution in [2.45, 2.75) is 26.2 Å². The second kappa shape index (κ2) is 6.45. The Bertz CT molecular complexity index is 598. The van der Waals surface area contributed by atoms with E-state index < -0.39 is 8.07 Å². The molecule has 2 aromatic rings.